The molecule has 152 valence electrons. The fraction of sp³-hybridized carbons (Fsp3) is 0.273. The van der Waals surface area contributed by atoms with E-state index in [1.54, 1.807) is 49.3 Å². The normalized spacial score (nSPS) is 11.7. The Balaban J connectivity index is 1.80. The van der Waals surface area contributed by atoms with Crippen LogP contribution in [0.25, 0.3) is 0 Å². The van der Waals surface area contributed by atoms with E-state index < -0.39 is 0 Å². The number of aromatic nitrogens is 2. The first kappa shape index (κ1) is 20.4. The number of nitrogens with one attached hydrogen (secondary N) is 1. The smallest absolute Gasteiger partial charge is 0.257 e. The number of hydrogen-bond donors (Lipinski definition) is 1. The number of carbonyl (C=O) groups excluding carboxylic acids is 1. The lowest BCUT2D eigenvalue weighted by atomic mass is 10.1. The van der Waals surface area contributed by atoms with Crippen molar-refractivity contribution in [3.8, 4) is 11.5 Å². The van der Waals surface area contributed by atoms with Gasteiger partial charge in [0.2, 0.25) is 0 Å². The van der Waals surface area contributed by atoms with E-state index in [4.69, 9.17) is 14.2 Å². The summed E-state index contributed by atoms with van der Waals surface area (Å²) in [5.41, 5.74) is 1.45. The Bertz CT molecular complexity index is 940. The van der Waals surface area contributed by atoms with Gasteiger partial charge in [-0.25, -0.2) is 0 Å². The van der Waals surface area contributed by atoms with Crippen LogP contribution in [0.1, 0.15) is 22.8 Å². The molecule has 0 saturated heterocycles. The topological polar surface area (TPSA) is 74.6 Å². The zero-order valence-electron chi connectivity index (χ0n) is 16.8. The average molecular weight is 395 g/mol. The Morgan fingerprint density at radius 3 is 2.59 bits per heavy atom. The molecule has 1 amide bonds. The molecule has 1 N–H and O–H groups in total. The molecule has 29 heavy (non-hydrogen) atoms. The lowest BCUT2D eigenvalue weighted by molar-refractivity contribution is 0.0914. The minimum atomic E-state index is -0.293. The maximum absolute atomic E-state index is 12.7. The predicted molar refractivity (Wildman–Crippen MR) is 110 cm³/mol. The van der Waals surface area contributed by atoms with Crippen LogP contribution in [0.2, 0.25) is 0 Å². The summed E-state index contributed by atoms with van der Waals surface area (Å²) in [4.78, 5) is 12.7. The summed E-state index contributed by atoms with van der Waals surface area (Å²) in [6.45, 7) is 2.72. The minimum Gasteiger partial charge on any atom is -0.489 e. The maximum atomic E-state index is 12.7. The Hall–Kier alpha value is -3.32. The molecule has 7 heteroatoms. The summed E-state index contributed by atoms with van der Waals surface area (Å²) in [6.07, 6.45) is 1.59. The molecule has 1 atom stereocenters. The molecule has 7 nitrogen and oxygen atoms in total. The van der Waals surface area contributed by atoms with Crippen molar-refractivity contribution >= 4 is 11.7 Å². The van der Waals surface area contributed by atoms with Gasteiger partial charge in [0.25, 0.3) is 5.91 Å². The zero-order chi connectivity index (χ0) is 20.6. The Morgan fingerprint density at radius 1 is 1.14 bits per heavy atom. The van der Waals surface area contributed by atoms with Crippen LogP contribution < -0.4 is 14.8 Å². The number of carbonyl (C=O) groups is 1. The van der Waals surface area contributed by atoms with Gasteiger partial charge in [-0.15, -0.1) is 0 Å². The Labute approximate surface area is 170 Å². The Morgan fingerprint density at radius 2 is 1.90 bits per heavy atom. The first-order valence-electron chi connectivity index (χ1n) is 9.32. The van der Waals surface area contributed by atoms with Gasteiger partial charge in [0.15, 0.2) is 5.82 Å². The fourth-order valence-corrected chi connectivity index (χ4v) is 2.77. The third-order valence-corrected chi connectivity index (χ3v) is 4.08. The molecule has 1 heterocycles. The number of hydrogen-bond acceptors (Lipinski definition) is 5. The van der Waals surface area contributed by atoms with Crippen LogP contribution in [0.5, 0.6) is 11.5 Å². The number of ether oxygens (including phenoxy) is 3. The maximum Gasteiger partial charge on any atom is 0.257 e. The molecule has 0 spiro atoms. The van der Waals surface area contributed by atoms with E-state index in [1.807, 2.05) is 37.3 Å². The number of benzene rings is 2. The van der Waals surface area contributed by atoms with Gasteiger partial charge in [0, 0.05) is 38.1 Å². The van der Waals surface area contributed by atoms with Gasteiger partial charge >= 0.3 is 0 Å². The van der Waals surface area contributed by atoms with Crippen molar-refractivity contribution in [2.24, 2.45) is 7.05 Å². The van der Waals surface area contributed by atoms with Crippen molar-refractivity contribution in [1.82, 2.24) is 9.78 Å². The lowest BCUT2D eigenvalue weighted by Gasteiger charge is -2.16. The molecule has 0 aliphatic rings. The molecule has 0 radical (unpaired) electrons. The van der Waals surface area contributed by atoms with Gasteiger partial charge in [0.05, 0.1) is 6.61 Å². The molecule has 0 unspecified atom stereocenters. The van der Waals surface area contributed by atoms with Gasteiger partial charge in [-0.3, -0.25) is 9.48 Å². The predicted octanol–water partition coefficient (Wildman–Crippen LogP) is 3.67. The standard InChI is InChI=1S/C22H25N3O4/c1-16(14-27-3)29-20-12-18(22(26)23-21-9-10-25(2)24-21)11-19(13-20)28-15-17-7-5-4-6-8-17/h4-13,16H,14-15H2,1-3H3,(H,23,24,26)/t16-/m1/s1. The lowest BCUT2D eigenvalue weighted by Crippen LogP contribution is -2.19. The van der Waals surface area contributed by atoms with Crippen molar-refractivity contribution in [3.05, 3.63) is 71.9 Å². The number of methoxy groups -OCH3 is 1. The van der Waals surface area contributed by atoms with Crippen LogP contribution in [0.15, 0.2) is 60.8 Å². The molecule has 0 fully saturated rings. The molecule has 0 saturated carbocycles. The van der Waals surface area contributed by atoms with E-state index in [2.05, 4.69) is 10.4 Å². The summed E-state index contributed by atoms with van der Waals surface area (Å²) in [7, 11) is 3.40. The largest absolute Gasteiger partial charge is 0.489 e. The summed E-state index contributed by atoms with van der Waals surface area (Å²) in [5, 5.41) is 6.95. The highest BCUT2D eigenvalue weighted by Gasteiger charge is 2.14. The SMILES string of the molecule is COC[C@@H](C)Oc1cc(OCc2ccccc2)cc(C(=O)Nc2ccn(C)n2)c1. The summed E-state index contributed by atoms with van der Waals surface area (Å²) in [6, 6.07) is 16.7. The summed E-state index contributed by atoms with van der Waals surface area (Å²) >= 11 is 0. The molecule has 1 aromatic heterocycles. The van der Waals surface area contributed by atoms with Crippen molar-refractivity contribution in [3.63, 3.8) is 0 Å². The van der Waals surface area contributed by atoms with E-state index in [9.17, 15) is 4.79 Å². The Kier molecular flexibility index (Phi) is 6.86. The molecule has 0 aliphatic carbocycles. The van der Waals surface area contributed by atoms with E-state index in [1.165, 1.54) is 0 Å². The number of aryl methyl sites for hydroxylation is 1. The highest BCUT2D eigenvalue weighted by molar-refractivity contribution is 6.04. The molecule has 3 rings (SSSR count). The van der Waals surface area contributed by atoms with Crippen LogP contribution in [-0.4, -0.2) is 35.5 Å². The quantitative estimate of drug-likeness (QED) is 0.598. The number of nitrogens with zero attached hydrogens (tertiary/aromatic N) is 2. The van der Waals surface area contributed by atoms with Crippen LogP contribution in [0.3, 0.4) is 0 Å². The highest BCUT2D eigenvalue weighted by Crippen LogP contribution is 2.25. The minimum absolute atomic E-state index is 0.170. The van der Waals surface area contributed by atoms with E-state index in [0.717, 1.165) is 5.56 Å². The van der Waals surface area contributed by atoms with E-state index >= 15 is 0 Å². The van der Waals surface area contributed by atoms with Crippen molar-refractivity contribution in [2.75, 3.05) is 19.0 Å². The van der Waals surface area contributed by atoms with Crippen molar-refractivity contribution < 1.29 is 19.0 Å². The van der Waals surface area contributed by atoms with Crippen LogP contribution in [0, 0.1) is 0 Å². The third-order valence-electron chi connectivity index (χ3n) is 4.08. The van der Waals surface area contributed by atoms with Crippen molar-refractivity contribution in [1.29, 1.82) is 0 Å². The van der Waals surface area contributed by atoms with Gasteiger partial charge in [-0.05, 0) is 24.6 Å². The monoisotopic (exact) mass is 395 g/mol. The molecular formula is C22H25N3O4. The van der Waals surface area contributed by atoms with Crippen molar-refractivity contribution in [2.45, 2.75) is 19.6 Å². The molecule has 0 bridgehead atoms. The van der Waals surface area contributed by atoms with Gasteiger partial charge in [0.1, 0.15) is 24.2 Å². The first-order chi connectivity index (χ1) is 14.0. The van der Waals surface area contributed by atoms with Crippen LogP contribution in [0.4, 0.5) is 5.82 Å². The highest BCUT2D eigenvalue weighted by atomic mass is 16.5. The third kappa shape index (κ3) is 6.08. The van der Waals surface area contributed by atoms with Crippen LogP contribution >= 0.6 is 0 Å². The first-order valence-corrected chi connectivity index (χ1v) is 9.32. The molecular weight excluding hydrogens is 370 g/mol. The zero-order valence-corrected chi connectivity index (χ0v) is 16.8. The second-order valence-corrected chi connectivity index (χ2v) is 6.68. The summed E-state index contributed by atoms with van der Waals surface area (Å²) in [5.74, 6) is 1.26. The summed E-state index contributed by atoms with van der Waals surface area (Å²) < 4.78 is 18.5. The number of rotatable bonds is 9. The molecule has 0 aliphatic heterocycles. The van der Waals surface area contributed by atoms with Gasteiger partial charge in [-0.2, -0.15) is 5.10 Å². The van der Waals surface area contributed by atoms with Gasteiger partial charge in [-0.1, -0.05) is 30.3 Å². The molecule has 3 aromatic rings. The second-order valence-electron chi connectivity index (χ2n) is 6.68. The fourth-order valence-electron chi connectivity index (χ4n) is 2.77. The number of anilines is 1. The molecule has 2 aromatic carbocycles. The van der Waals surface area contributed by atoms with Gasteiger partial charge < -0.3 is 19.5 Å². The van der Waals surface area contributed by atoms with E-state index in [-0.39, 0.29) is 12.0 Å². The number of amides is 1. The van der Waals surface area contributed by atoms with E-state index in [0.29, 0.717) is 36.1 Å². The second kappa shape index (κ2) is 9.75. The van der Waals surface area contributed by atoms with Crippen LogP contribution in [-0.2, 0) is 18.4 Å². The average Bonchev–Trinajstić information content (AvgIpc) is 3.11.